The summed E-state index contributed by atoms with van der Waals surface area (Å²) in [5.74, 6) is 2.25. The summed E-state index contributed by atoms with van der Waals surface area (Å²) < 4.78 is 5.76. The van der Waals surface area contributed by atoms with Crippen LogP contribution in [0, 0.1) is 0 Å². The van der Waals surface area contributed by atoms with Crippen molar-refractivity contribution in [3.8, 4) is 0 Å². The molecule has 0 saturated carbocycles. The lowest BCUT2D eigenvalue weighted by atomic mass is 9.94. The maximum atomic E-state index is 5.89. The van der Waals surface area contributed by atoms with E-state index in [0.717, 1.165) is 29.7 Å². The molecule has 1 aromatic carbocycles. The fourth-order valence-corrected chi connectivity index (χ4v) is 2.22. The second-order valence-corrected chi connectivity index (χ2v) is 7.03. The van der Waals surface area contributed by atoms with Gasteiger partial charge in [-0.3, -0.25) is 4.99 Å². The van der Waals surface area contributed by atoms with Gasteiger partial charge in [-0.2, -0.15) is 0 Å². The molecule has 2 N–H and O–H groups in total. The number of hydrogen-bond acceptors (Lipinski definition) is 3. The SMILES string of the molecule is CN=C(NCCc1ccc(Cl)cc1)NCc1ncc(C(C)(C)C)o1. The minimum absolute atomic E-state index is 0.0379. The van der Waals surface area contributed by atoms with Crippen molar-refractivity contribution < 1.29 is 4.42 Å². The number of rotatable bonds is 5. The van der Waals surface area contributed by atoms with E-state index in [0.29, 0.717) is 12.4 Å². The third-order valence-corrected chi connectivity index (χ3v) is 3.79. The second-order valence-electron chi connectivity index (χ2n) is 6.60. The number of oxazole rings is 1. The second kappa shape index (κ2) is 8.20. The minimum atomic E-state index is -0.0379. The van der Waals surface area contributed by atoms with Crippen LogP contribution in [0.4, 0.5) is 0 Å². The van der Waals surface area contributed by atoms with Crippen molar-refractivity contribution in [3.63, 3.8) is 0 Å². The molecule has 0 atom stereocenters. The molecule has 1 heterocycles. The molecule has 0 bridgehead atoms. The highest BCUT2D eigenvalue weighted by atomic mass is 35.5. The molecule has 6 heteroatoms. The van der Waals surface area contributed by atoms with Gasteiger partial charge in [0.15, 0.2) is 5.96 Å². The zero-order valence-corrected chi connectivity index (χ0v) is 15.4. The van der Waals surface area contributed by atoms with Crippen LogP contribution in [0.3, 0.4) is 0 Å². The summed E-state index contributed by atoms with van der Waals surface area (Å²) in [6, 6.07) is 7.86. The largest absolute Gasteiger partial charge is 0.443 e. The first-order valence-corrected chi connectivity index (χ1v) is 8.40. The lowest BCUT2D eigenvalue weighted by Gasteiger charge is -2.13. The summed E-state index contributed by atoms with van der Waals surface area (Å²) in [6.45, 7) is 7.57. The Kier molecular flexibility index (Phi) is 6.26. The van der Waals surface area contributed by atoms with Gasteiger partial charge in [0.05, 0.1) is 12.7 Å². The van der Waals surface area contributed by atoms with Gasteiger partial charge in [-0.1, -0.05) is 44.5 Å². The number of nitrogens with zero attached hydrogens (tertiary/aromatic N) is 2. The molecule has 0 fully saturated rings. The third-order valence-electron chi connectivity index (χ3n) is 3.54. The maximum absolute atomic E-state index is 5.89. The van der Waals surface area contributed by atoms with E-state index in [2.05, 4.69) is 41.4 Å². The van der Waals surface area contributed by atoms with E-state index < -0.39 is 0 Å². The van der Waals surface area contributed by atoms with E-state index in [1.807, 2.05) is 24.3 Å². The molecule has 2 aromatic rings. The number of guanidine groups is 1. The Morgan fingerprint density at radius 2 is 1.92 bits per heavy atom. The molecule has 0 aliphatic carbocycles. The number of nitrogens with one attached hydrogen (secondary N) is 2. The Balaban J connectivity index is 1.78. The number of halogens is 1. The number of aromatic nitrogens is 1. The molecule has 24 heavy (non-hydrogen) atoms. The maximum Gasteiger partial charge on any atom is 0.213 e. The van der Waals surface area contributed by atoms with Gasteiger partial charge < -0.3 is 15.1 Å². The van der Waals surface area contributed by atoms with Crippen LogP contribution in [0.2, 0.25) is 5.02 Å². The molecule has 0 amide bonds. The summed E-state index contributed by atoms with van der Waals surface area (Å²) in [5, 5.41) is 7.24. The Morgan fingerprint density at radius 1 is 1.21 bits per heavy atom. The van der Waals surface area contributed by atoms with Crippen molar-refractivity contribution in [2.24, 2.45) is 4.99 Å². The lowest BCUT2D eigenvalue weighted by molar-refractivity contribution is 0.379. The van der Waals surface area contributed by atoms with Crippen LogP contribution in [0.5, 0.6) is 0 Å². The molecule has 130 valence electrons. The normalized spacial score (nSPS) is 12.3. The topological polar surface area (TPSA) is 62.5 Å². The van der Waals surface area contributed by atoms with E-state index in [4.69, 9.17) is 16.0 Å². The zero-order chi connectivity index (χ0) is 17.6. The Labute approximate surface area is 148 Å². The third kappa shape index (κ3) is 5.57. The van der Waals surface area contributed by atoms with Crippen molar-refractivity contribution >= 4 is 17.6 Å². The monoisotopic (exact) mass is 348 g/mol. The Hall–Kier alpha value is -2.01. The van der Waals surface area contributed by atoms with Crippen LogP contribution in [-0.2, 0) is 18.4 Å². The highest BCUT2D eigenvalue weighted by Gasteiger charge is 2.19. The first-order valence-electron chi connectivity index (χ1n) is 8.02. The molecule has 0 aliphatic heterocycles. The lowest BCUT2D eigenvalue weighted by Crippen LogP contribution is -2.37. The van der Waals surface area contributed by atoms with Crippen LogP contribution in [0.1, 0.15) is 38.0 Å². The molecular weight excluding hydrogens is 324 g/mol. The predicted molar refractivity (Wildman–Crippen MR) is 98.6 cm³/mol. The summed E-state index contributed by atoms with van der Waals surface area (Å²) in [5.41, 5.74) is 1.19. The molecule has 0 spiro atoms. The minimum Gasteiger partial charge on any atom is -0.443 e. The fourth-order valence-electron chi connectivity index (χ4n) is 2.09. The number of hydrogen-bond donors (Lipinski definition) is 2. The standard InChI is InChI=1S/C18H25ClN4O/c1-18(2,3)15-11-22-16(24-15)12-23-17(20-4)21-10-9-13-5-7-14(19)8-6-13/h5-8,11H,9-10,12H2,1-4H3,(H2,20,21,23). The Bertz CT molecular complexity index is 671. The fraction of sp³-hybridized carbons (Fsp3) is 0.444. The summed E-state index contributed by atoms with van der Waals surface area (Å²) in [4.78, 5) is 8.51. The van der Waals surface area contributed by atoms with E-state index in [1.165, 1.54) is 5.56 Å². The van der Waals surface area contributed by atoms with Crippen molar-refractivity contribution in [1.29, 1.82) is 0 Å². The summed E-state index contributed by atoms with van der Waals surface area (Å²) in [7, 11) is 1.74. The van der Waals surface area contributed by atoms with Gasteiger partial charge in [0.2, 0.25) is 5.89 Å². The molecule has 0 aliphatic rings. The van der Waals surface area contributed by atoms with E-state index in [9.17, 15) is 0 Å². The molecule has 5 nitrogen and oxygen atoms in total. The van der Waals surface area contributed by atoms with Gasteiger partial charge in [-0.05, 0) is 24.1 Å². The average Bonchev–Trinajstić information content (AvgIpc) is 3.01. The molecule has 0 unspecified atom stereocenters. The van der Waals surface area contributed by atoms with Gasteiger partial charge in [-0.15, -0.1) is 0 Å². The van der Waals surface area contributed by atoms with Crippen LogP contribution in [-0.4, -0.2) is 24.5 Å². The van der Waals surface area contributed by atoms with Crippen molar-refractivity contribution in [2.45, 2.75) is 39.2 Å². The quantitative estimate of drug-likeness (QED) is 0.641. The molecule has 2 rings (SSSR count). The highest BCUT2D eigenvalue weighted by molar-refractivity contribution is 6.30. The predicted octanol–water partition coefficient (Wildman–Crippen LogP) is 3.53. The van der Waals surface area contributed by atoms with Gasteiger partial charge >= 0.3 is 0 Å². The average molecular weight is 349 g/mol. The van der Waals surface area contributed by atoms with Crippen LogP contribution < -0.4 is 10.6 Å². The van der Waals surface area contributed by atoms with Crippen molar-refractivity contribution in [3.05, 3.63) is 52.7 Å². The Morgan fingerprint density at radius 3 is 2.50 bits per heavy atom. The molecule has 1 aromatic heterocycles. The highest BCUT2D eigenvalue weighted by Crippen LogP contribution is 2.22. The van der Waals surface area contributed by atoms with Crippen molar-refractivity contribution in [2.75, 3.05) is 13.6 Å². The first-order chi connectivity index (χ1) is 11.4. The van der Waals surface area contributed by atoms with E-state index in [-0.39, 0.29) is 5.41 Å². The summed E-state index contributed by atoms with van der Waals surface area (Å²) >= 11 is 5.89. The molecule has 0 radical (unpaired) electrons. The van der Waals surface area contributed by atoms with Crippen molar-refractivity contribution in [1.82, 2.24) is 15.6 Å². The number of benzene rings is 1. The van der Waals surface area contributed by atoms with Crippen LogP contribution >= 0.6 is 11.6 Å². The zero-order valence-electron chi connectivity index (χ0n) is 14.7. The smallest absolute Gasteiger partial charge is 0.213 e. The van der Waals surface area contributed by atoms with Gasteiger partial charge in [0, 0.05) is 24.0 Å². The van der Waals surface area contributed by atoms with Gasteiger partial charge in [0.25, 0.3) is 0 Å². The number of aliphatic imine (C=N–C) groups is 1. The first kappa shape index (κ1) is 18.3. The van der Waals surface area contributed by atoms with Crippen LogP contribution in [0.25, 0.3) is 0 Å². The summed E-state index contributed by atoms with van der Waals surface area (Å²) in [6.07, 6.45) is 2.68. The van der Waals surface area contributed by atoms with E-state index >= 15 is 0 Å². The molecule has 0 saturated heterocycles. The van der Waals surface area contributed by atoms with E-state index in [1.54, 1.807) is 13.2 Å². The van der Waals surface area contributed by atoms with Gasteiger partial charge in [-0.25, -0.2) is 4.98 Å². The molecular formula is C18H25ClN4O. The van der Waals surface area contributed by atoms with Gasteiger partial charge in [0.1, 0.15) is 5.76 Å². The van der Waals surface area contributed by atoms with Crippen LogP contribution in [0.15, 0.2) is 39.9 Å².